The monoisotopic (exact) mass is 328 g/mol. The minimum atomic E-state index is -0.961. The molecule has 0 fully saturated rings. The molecular weight excluding hydrogens is 318 g/mol. The second-order valence-corrected chi connectivity index (χ2v) is 4.89. The summed E-state index contributed by atoms with van der Waals surface area (Å²) in [6, 6.07) is 8.33. The highest BCUT2D eigenvalue weighted by atomic mass is 79.9. The highest BCUT2D eigenvalue weighted by molar-refractivity contribution is 9.10. The lowest BCUT2D eigenvalue weighted by atomic mass is 10.1. The molecule has 2 rings (SSSR count). The van der Waals surface area contributed by atoms with Crippen LogP contribution in [0.1, 0.15) is 18.6 Å². The summed E-state index contributed by atoms with van der Waals surface area (Å²) in [6.45, 7) is 1.65. The summed E-state index contributed by atoms with van der Waals surface area (Å²) in [5.41, 5.74) is 0.720. The molecule has 19 heavy (non-hydrogen) atoms. The predicted molar refractivity (Wildman–Crippen MR) is 71.2 cm³/mol. The normalized spacial score (nSPS) is 12.3. The van der Waals surface area contributed by atoms with Crippen LogP contribution in [0.4, 0.5) is 8.78 Å². The smallest absolute Gasteiger partial charge is 0.162 e. The number of hydrogen-bond donors (Lipinski definition) is 1. The van der Waals surface area contributed by atoms with Crippen LogP contribution in [0.15, 0.2) is 40.9 Å². The molecule has 0 aromatic heterocycles. The van der Waals surface area contributed by atoms with Crippen LogP contribution in [0.3, 0.4) is 0 Å². The van der Waals surface area contributed by atoms with Gasteiger partial charge < -0.3 is 9.84 Å². The molecule has 0 saturated heterocycles. The van der Waals surface area contributed by atoms with E-state index >= 15 is 0 Å². The molecule has 0 aliphatic carbocycles. The van der Waals surface area contributed by atoms with E-state index in [1.807, 2.05) is 0 Å². The lowest BCUT2D eigenvalue weighted by Gasteiger charge is -2.11. The highest BCUT2D eigenvalue weighted by Gasteiger charge is 2.09. The Hall–Kier alpha value is -1.46. The standard InChI is InChI=1S/C14H11BrF2O2/c1-8(18)11-4-2-9(6-12(11)15)19-10-3-5-13(16)14(17)7-10/h2-8,18H,1H3/t8-/m1/s1. The molecule has 0 saturated carbocycles. The fraction of sp³-hybridized carbons (Fsp3) is 0.143. The molecule has 0 aliphatic heterocycles. The van der Waals surface area contributed by atoms with E-state index in [0.29, 0.717) is 10.2 Å². The summed E-state index contributed by atoms with van der Waals surface area (Å²) >= 11 is 3.31. The zero-order valence-corrected chi connectivity index (χ0v) is 11.6. The Balaban J connectivity index is 2.24. The third-order valence-electron chi connectivity index (χ3n) is 2.55. The maximum Gasteiger partial charge on any atom is 0.162 e. The van der Waals surface area contributed by atoms with Crippen LogP contribution in [-0.4, -0.2) is 5.11 Å². The van der Waals surface area contributed by atoms with E-state index in [4.69, 9.17) is 4.74 Å². The molecule has 5 heteroatoms. The second-order valence-electron chi connectivity index (χ2n) is 4.04. The van der Waals surface area contributed by atoms with E-state index in [-0.39, 0.29) is 5.75 Å². The van der Waals surface area contributed by atoms with Gasteiger partial charge in [-0.15, -0.1) is 0 Å². The molecule has 2 nitrogen and oxygen atoms in total. The van der Waals surface area contributed by atoms with Crippen LogP contribution in [0.5, 0.6) is 11.5 Å². The van der Waals surface area contributed by atoms with Gasteiger partial charge in [0, 0.05) is 10.5 Å². The molecule has 0 spiro atoms. The highest BCUT2D eigenvalue weighted by Crippen LogP contribution is 2.30. The summed E-state index contributed by atoms with van der Waals surface area (Å²) in [5.74, 6) is -1.21. The van der Waals surface area contributed by atoms with Crippen molar-refractivity contribution in [1.29, 1.82) is 0 Å². The van der Waals surface area contributed by atoms with E-state index in [1.165, 1.54) is 6.07 Å². The number of benzene rings is 2. The maximum atomic E-state index is 13.0. The van der Waals surface area contributed by atoms with E-state index in [1.54, 1.807) is 25.1 Å². The van der Waals surface area contributed by atoms with Gasteiger partial charge in [0.1, 0.15) is 11.5 Å². The predicted octanol–water partition coefficient (Wildman–Crippen LogP) is 4.57. The topological polar surface area (TPSA) is 29.5 Å². The summed E-state index contributed by atoms with van der Waals surface area (Å²) in [7, 11) is 0. The molecule has 2 aromatic carbocycles. The minimum absolute atomic E-state index is 0.204. The fourth-order valence-corrected chi connectivity index (χ4v) is 2.28. The van der Waals surface area contributed by atoms with Gasteiger partial charge in [0.05, 0.1) is 6.10 Å². The van der Waals surface area contributed by atoms with Gasteiger partial charge in [0.15, 0.2) is 11.6 Å². The molecule has 0 bridgehead atoms. The van der Waals surface area contributed by atoms with Crippen LogP contribution in [0.2, 0.25) is 0 Å². The number of rotatable bonds is 3. The number of aliphatic hydroxyl groups is 1. The van der Waals surface area contributed by atoms with Crippen molar-refractivity contribution in [2.24, 2.45) is 0 Å². The Morgan fingerprint density at radius 2 is 1.68 bits per heavy atom. The number of halogens is 3. The van der Waals surface area contributed by atoms with Crippen molar-refractivity contribution in [3.63, 3.8) is 0 Å². The summed E-state index contributed by atoms with van der Waals surface area (Å²) < 4.78 is 31.9. The van der Waals surface area contributed by atoms with Crippen molar-refractivity contribution in [2.75, 3.05) is 0 Å². The van der Waals surface area contributed by atoms with Crippen LogP contribution in [-0.2, 0) is 0 Å². The number of aliphatic hydroxyl groups excluding tert-OH is 1. The van der Waals surface area contributed by atoms with Gasteiger partial charge in [0.2, 0.25) is 0 Å². The summed E-state index contributed by atoms with van der Waals surface area (Å²) in [6.07, 6.45) is -0.605. The summed E-state index contributed by atoms with van der Waals surface area (Å²) in [5, 5.41) is 9.49. The van der Waals surface area contributed by atoms with E-state index < -0.39 is 17.7 Å². The Labute approximate surface area is 117 Å². The van der Waals surface area contributed by atoms with E-state index in [0.717, 1.165) is 17.7 Å². The molecule has 1 N–H and O–H groups in total. The third kappa shape index (κ3) is 3.30. The van der Waals surface area contributed by atoms with Crippen LogP contribution in [0, 0.1) is 11.6 Å². The Morgan fingerprint density at radius 1 is 1.05 bits per heavy atom. The van der Waals surface area contributed by atoms with Gasteiger partial charge in [-0.1, -0.05) is 22.0 Å². The van der Waals surface area contributed by atoms with Crippen molar-refractivity contribution in [1.82, 2.24) is 0 Å². The van der Waals surface area contributed by atoms with E-state index in [9.17, 15) is 13.9 Å². The average Bonchev–Trinajstić information content (AvgIpc) is 2.33. The van der Waals surface area contributed by atoms with Crippen molar-refractivity contribution < 1.29 is 18.6 Å². The van der Waals surface area contributed by atoms with Crippen molar-refractivity contribution in [2.45, 2.75) is 13.0 Å². The van der Waals surface area contributed by atoms with E-state index in [2.05, 4.69) is 15.9 Å². The molecule has 2 aromatic rings. The molecule has 0 unspecified atom stereocenters. The summed E-state index contributed by atoms with van der Waals surface area (Å²) in [4.78, 5) is 0. The van der Waals surface area contributed by atoms with Gasteiger partial charge in [-0.25, -0.2) is 8.78 Å². The number of ether oxygens (including phenoxy) is 1. The first-order chi connectivity index (χ1) is 8.97. The zero-order chi connectivity index (χ0) is 14.0. The van der Waals surface area contributed by atoms with Gasteiger partial charge >= 0.3 is 0 Å². The average molecular weight is 329 g/mol. The van der Waals surface area contributed by atoms with Gasteiger partial charge in [-0.05, 0) is 36.8 Å². The first kappa shape index (κ1) is 14.0. The molecular formula is C14H11BrF2O2. The molecule has 0 radical (unpaired) electrons. The third-order valence-corrected chi connectivity index (χ3v) is 3.24. The molecule has 0 amide bonds. The second kappa shape index (κ2) is 5.67. The van der Waals surface area contributed by atoms with Gasteiger partial charge in [0.25, 0.3) is 0 Å². The molecule has 0 heterocycles. The van der Waals surface area contributed by atoms with Crippen molar-refractivity contribution in [3.05, 3.63) is 58.1 Å². The fourth-order valence-electron chi connectivity index (χ4n) is 1.59. The molecule has 100 valence electrons. The largest absolute Gasteiger partial charge is 0.457 e. The lowest BCUT2D eigenvalue weighted by molar-refractivity contribution is 0.198. The van der Waals surface area contributed by atoms with Crippen LogP contribution in [0.25, 0.3) is 0 Å². The number of hydrogen-bond acceptors (Lipinski definition) is 2. The zero-order valence-electron chi connectivity index (χ0n) is 10.0. The van der Waals surface area contributed by atoms with Crippen molar-refractivity contribution >= 4 is 15.9 Å². The quantitative estimate of drug-likeness (QED) is 0.894. The van der Waals surface area contributed by atoms with Crippen molar-refractivity contribution in [3.8, 4) is 11.5 Å². The van der Waals surface area contributed by atoms with Crippen LogP contribution < -0.4 is 4.74 Å². The van der Waals surface area contributed by atoms with Crippen LogP contribution >= 0.6 is 15.9 Å². The molecule has 1 atom stereocenters. The van der Waals surface area contributed by atoms with Gasteiger partial charge in [-0.2, -0.15) is 0 Å². The van der Waals surface area contributed by atoms with Gasteiger partial charge in [-0.3, -0.25) is 0 Å². The minimum Gasteiger partial charge on any atom is -0.457 e. The Kier molecular flexibility index (Phi) is 4.17. The Morgan fingerprint density at radius 3 is 2.26 bits per heavy atom. The Bertz CT molecular complexity index is 600. The SMILES string of the molecule is C[C@@H](O)c1ccc(Oc2ccc(F)c(F)c2)cc1Br. The molecule has 0 aliphatic rings. The first-order valence-corrected chi connectivity index (χ1v) is 6.37. The first-order valence-electron chi connectivity index (χ1n) is 5.58. The lowest BCUT2D eigenvalue weighted by Crippen LogP contribution is -1.93. The maximum absolute atomic E-state index is 13.0.